The second-order valence-electron chi connectivity index (χ2n) is 7.68. The molecule has 6 heteroatoms. The van der Waals surface area contributed by atoms with E-state index in [0.29, 0.717) is 19.4 Å². The fraction of sp³-hybridized carbons (Fsp3) is 0.360. The number of nitrogens with one attached hydrogen (secondary N) is 1. The Kier molecular flexibility index (Phi) is 7.34. The van der Waals surface area contributed by atoms with Crippen molar-refractivity contribution in [2.45, 2.75) is 40.0 Å². The molecule has 0 bridgehead atoms. The van der Waals surface area contributed by atoms with Crippen LogP contribution in [0.4, 0.5) is 0 Å². The molecule has 0 spiro atoms. The van der Waals surface area contributed by atoms with Gasteiger partial charge in [-0.1, -0.05) is 23.8 Å². The summed E-state index contributed by atoms with van der Waals surface area (Å²) in [7, 11) is 3.32. The number of nitrogens with zero attached hydrogens (tertiary/aromatic N) is 2. The fourth-order valence-electron chi connectivity index (χ4n) is 3.80. The van der Waals surface area contributed by atoms with Crippen molar-refractivity contribution in [2.75, 3.05) is 20.8 Å². The molecule has 2 aromatic carbocycles. The molecule has 0 aliphatic carbocycles. The van der Waals surface area contributed by atoms with Gasteiger partial charge in [0.1, 0.15) is 11.5 Å². The minimum atomic E-state index is 0.0413. The normalized spacial score (nSPS) is 10.7. The average molecular weight is 422 g/mol. The van der Waals surface area contributed by atoms with Crippen LogP contribution in [0.5, 0.6) is 11.5 Å². The van der Waals surface area contributed by atoms with Crippen molar-refractivity contribution < 1.29 is 14.3 Å². The molecule has 6 nitrogen and oxygen atoms in total. The molecule has 0 radical (unpaired) electrons. The highest BCUT2D eigenvalue weighted by Gasteiger charge is 2.15. The molecule has 0 atom stereocenters. The van der Waals surface area contributed by atoms with Crippen LogP contribution in [0, 0.1) is 20.8 Å². The molecule has 0 saturated carbocycles. The molecular weight excluding hydrogens is 390 g/mol. The molecule has 3 rings (SSSR count). The van der Waals surface area contributed by atoms with E-state index in [9.17, 15) is 4.79 Å². The third-order valence-corrected chi connectivity index (χ3v) is 5.49. The highest BCUT2D eigenvalue weighted by molar-refractivity contribution is 5.76. The van der Waals surface area contributed by atoms with Gasteiger partial charge in [-0.2, -0.15) is 5.10 Å². The first-order valence-corrected chi connectivity index (χ1v) is 10.5. The van der Waals surface area contributed by atoms with Gasteiger partial charge in [0.05, 0.1) is 25.6 Å². The predicted octanol–water partition coefficient (Wildman–Crippen LogP) is 4.11. The maximum atomic E-state index is 12.4. The van der Waals surface area contributed by atoms with E-state index in [1.54, 1.807) is 14.2 Å². The number of hydrogen-bond donors (Lipinski definition) is 1. The molecule has 0 unspecified atom stereocenters. The SMILES string of the molecule is COc1cccc(-n2nc(C)c(CCC(=O)NCCc3cc(C)ccc3OC)c2C)c1. The van der Waals surface area contributed by atoms with Crippen LogP contribution in [0.25, 0.3) is 5.69 Å². The average Bonchev–Trinajstić information content (AvgIpc) is 3.06. The second kappa shape index (κ2) is 10.2. The van der Waals surface area contributed by atoms with Crippen molar-refractivity contribution in [3.05, 3.63) is 70.5 Å². The van der Waals surface area contributed by atoms with Crippen LogP contribution >= 0.6 is 0 Å². The molecule has 1 heterocycles. The molecule has 1 amide bonds. The maximum Gasteiger partial charge on any atom is 0.220 e. The second-order valence-corrected chi connectivity index (χ2v) is 7.68. The summed E-state index contributed by atoms with van der Waals surface area (Å²) in [5, 5.41) is 7.70. The summed E-state index contributed by atoms with van der Waals surface area (Å²) in [5.74, 6) is 1.69. The van der Waals surface area contributed by atoms with Crippen LogP contribution in [0.2, 0.25) is 0 Å². The molecule has 0 fully saturated rings. The standard InChI is InChI=1S/C25H31N3O3/c1-17-9-11-24(31-5)20(15-17)13-14-26-25(29)12-10-23-18(2)27-28(19(23)3)21-7-6-8-22(16-21)30-4/h6-9,11,15-16H,10,12-14H2,1-5H3,(H,26,29). The van der Waals surface area contributed by atoms with Crippen LogP contribution < -0.4 is 14.8 Å². The van der Waals surface area contributed by atoms with Gasteiger partial charge in [-0.25, -0.2) is 4.68 Å². The zero-order valence-corrected chi connectivity index (χ0v) is 19.0. The first-order valence-electron chi connectivity index (χ1n) is 10.5. The number of benzene rings is 2. The monoisotopic (exact) mass is 421 g/mol. The Bertz CT molecular complexity index is 1060. The number of ether oxygens (including phenoxy) is 2. The number of methoxy groups -OCH3 is 2. The summed E-state index contributed by atoms with van der Waals surface area (Å²) >= 11 is 0. The van der Waals surface area contributed by atoms with Crippen molar-refractivity contribution in [3.8, 4) is 17.2 Å². The Balaban J connectivity index is 1.58. The van der Waals surface area contributed by atoms with Crippen molar-refractivity contribution in [3.63, 3.8) is 0 Å². The molecule has 164 valence electrons. The van der Waals surface area contributed by atoms with E-state index in [0.717, 1.165) is 46.1 Å². The van der Waals surface area contributed by atoms with E-state index in [1.165, 1.54) is 5.56 Å². The Morgan fingerprint density at radius 3 is 2.58 bits per heavy atom. The predicted molar refractivity (Wildman–Crippen MR) is 122 cm³/mol. The molecule has 31 heavy (non-hydrogen) atoms. The summed E-state index contributed by atoms with van der Waals surface area (Å²) in [6.45, 7) is 6.66. The van der Waals surface area contributed by atoms with Crippen LogP contribution in [-0.4, -0.2) is 36.5 Å². The summed E-state index contributed by atoms with van der Waals surface area (Å²) in [4.78, 5) is 12.4. The Morgan fingerprint density at radius 1 is 1.03 bits per heavy atom. The zero-order valence-electron chi connectivity index (χ0n) is 19.0. The van der Waals surface area contributed by atoms with Gasteiger partial charge in [0.15, 0.2) is 0 Å². The highest BCUT2D eigenvalue weighted by Crippen LogP contribution is 2.22. The lowest BCUT2D eigenvalue weighted by Crippen LogP contribution is -2.26. The molecule has 0 aliphatic rings. The first kappa shape index (κ1) is 22.4. The molecule has 0 saturated heterocycles. The maximum absolute atomic E-state index is 12.4. The number of hydrogen-bond acceptors (Lipinski definition) is 4. The minimum absolute atomic E-state index is 0.0413. The van der Waals surface area contributed by atoms with E-state index in [-0.39, 0.29) is 5.91 Å². The summed E-state index contributed by atoms with van der Waals surface area (Å²) in [6.07, 6.45) is 1.82. The van der Waals surface area contributed by atoms with E-state index in [1.807, 2.05) is 54.9 Å². The lowest BCUT2D eigenvalue weighted by atomic mass is 10.1. The number of rotatable bonds is 9. The highest BCUT2D eigenvalue weighted by atomic mass is 16.5. The topological polar surface area (TPSA) is 65.4 Å². The molecule has 0 aliphatic heterocycles. The van der Waals surface area contributed by atoms with Crippen molar-refractivity contribution in [1.82, 2.24) is 15.1 Å². The quantitative estimate of drug-likeness (QED) is 0.565. The number of carbonyl (C=O) groups is 1. The molecule has 1 N–H and O–H groups in total. The van der Waals surface area contributed by atoms with E-state index >= 15 is 0 Å². The Labute approximate surface area is 184 Å². The number of aromatic nitrogens is 2. The van der Waals surface area contributed by atoms with Crippen LogP contribution in [0.1, 0.15) is 34.5 Å². The van der Waals surface area contributed by atoms with Gasteiger partial charge >= 0.3 is 0 Å². The third-order valence-electron chi connectivity index (χ3n) is 5.49. The van der Waals surface area contributed by atoms with Crippen LogP contribution in [0.15, 0.2) is 42.5 Å². The van der Waals surface area contributed by atoms with Gasteiger partial charge in [0, 0.05) is 24.7 Å². The van der Waals surface area contributed by atoms with Gasteiger partial charge in [-0.05, 0) is 62.9 Å². The lowest BCUT2D eigenvalue weighted by Gasteiger charge is -2.10. The first-order chi connectivity index (χ1) is 14.9. The lowest BCUT2D eigenvalue weighted by molar-refractivity contribution is -0.121. The van der Waals surface area contributed by atoms with E-state index < -0.39 is 0 Å². The van der Waals surface area contributed by atoms with Crippen molar-refractivity contribution in [1.29, 1.82) is 0 Å². The van der Waals surface area contributed by atoms with Gasteiger partial charge in [-0.15, -0.1) is 0 Å². The smallest absolute Gasteiger partial charge is 0.220 e. The van der Waals surface area contributed by atoms with Gasteiger partial charge in [0.2, 0.25) is 5.91 Å². The number of carbonyl (C=O) groups excluding carboxylic acids is 1. The summed E-state index contributed by atoms with van der Waals surface area (Å²) in [6, 6.07) is 13.9. The van der Waals surface area contributed by atoms with E-state index in [4.69, 9.17) is 9.47 Å². The van der Waals surface area contributed by atoms with Crippen LogP contribution in [0.3, 0.4) is 0 Å². The molecular formula is C25H31N3O3. The van der Waals surface area contributed by atoms with E-state index in [2.05, 4.69) is 23.4 Å². The molecule has 1 aromatic heterocycles. The van der Waals surface area contributed by atoms with Gasteiger partial charge in [0.25, 0.3) is 0 Å². The minimum Gasteiger partial charge on any atom is -0.497 e. The summed E-state index contributed by atoms with van der Waals surface area (Å²) < 4.78 is 12.6. The van der Waals surface area contributed by atoms with Gasteiger partial charge in [-0.3, -0.25) is 4.79 Å². The molecule has 3 aromatic rings. The van der Waals surface area contributed by atoms with Crippen molar-refractivity contribution >= 4 is 5.91 Å². The largest absolute Gasteiger partial charge is 0.497 e. The third kappa shape index (κ3) is 5.45. The summed E-state index contributed by atoms with van der Waals surface area (Å²) in [5.41, 5.74) is 6.33. The van der Waals surface area contributed by atoms with Crippen molar-refractivity contribution in [2.24, 2.45) is 0 Å². The van der Waals surface area contributed by atoms with Gasteiger partial charge < -0.3 is 14.8 Å². The Hall–Kier alpha value is -3.28. The van der Waals surface area contributed by atoms with Crippen LogP contribution in [-0.2, 0) is 17.6 Å². The number of amides is 1. The number of aryl methyl sites for hydroxylation is 2. The Morgan fingerprint density at radius 2 is 1.84 bits per heavy atom. The fourth-order valence-corrected chi connectivity index (χ4v) is 3.80. The zero-order chi connectivity index (χ0) is 22.4.